The molecule has 0 aliphatic carbocycles. The predicted octanol–water partition coefficient (Wildman–Crippen LogP) is 2.81. The van der Waals surface area contributed by atoms with Crippen molar-refractivity contribution in [2.45, 2.75) is 18.9 Å². The van der Waals surface area contributed by atoms with Crippen molar-refractivity contribution >= 4 is 26.7 Å². The zero-order chi connectivity index (χ0) is 16.8. The van der Waals surface area contributed by atoms with E-state index >= 15 is 0 Å². The molecule has 1 aromatic carbocycles. The molecule has 3 aliphatic heterocycles. The van der Waals surface area contributed by atoms with Gasteiger partial charge in [0.2, 0.25) is 5.88 Å². The minimum atomic E-state index is 0.249. The fourth-order valence-corrected chi connectivity index (χ4v) is 4.61. The second-order valence-corrected chi connectivity index (χ2v) is 7.85. The number of ether oxygens (including phenoxy) is 1. The zero-order valence-electron chi connectivity index (χ0n) is 13.8. The smallest absolute Gasteiger partial charge is 0.233 e. The third-order valence-electron chi connectivity index (χ3n) is 5.21. The van der Waals surface area contributed by atoms with E-state index in [1.165, 1.54) is 37.3 Å². The van der Waals surface area contributed by atoms with Gasteiger partial charge in [0.1, 0.15) is 6.10 Å². The van der Waals surface area contributed by atoms with E-state index in [2.05, 4.69) is 26.1 Å². The first-order chi connectivity index (χ1) is 12.2. The summed E-state index contributed by atoms with van der Waals surface area (Å²) in [6, 6.07) is 9.91. The monoisotopic (exact) mass is 353 g/mol. The van der Waals surface area contributed by atoms with Crippen molar-refractivity contribution in [3.8, 4) is 17.1 Å². The van der Waals surface area contributed by atoms with E-state index in [-0.39, 0.29) is 6.10 Å². The van der Waals surface area contributed by atoms with Crippen LogP contribution in [0.1, 0.15) is 12.8 Å². The number of benzene rings is 1. The number of piperidine rings is 3. The number of fused-ring (bicyclic) bond motifs is 4. The maximum Gasteiger partial charge on any atom is 0.233 e. The lowest BCUT2D eigenvalue weighted by molar-refractivity contribution is -0.0103. The van der Waals surface area contributed by atoms with Gasteiger partial charge in [0.05, 0.1) is 15.9 Å². The third kappa shape index (κ3) is 2.83. The topological polar surface area (TPSA) is 77.2 Å². The zero-order valence-corrected chi connectivity index (χ0v) is 14.6. The second-order valence-electron chi connectivity index (χ2n) is 6.79. The van der Waals surface area contributed by atoms with Crippen LogP contribution in [-0.4, -0.2) is 45.8 Å². The first-order valence-electron chi connectivity index (χ1n) is 8.64. The molecule has 5 heterocycles. The molecule has 6 rings (SSSR count). The van der Waals surface area contributed by atoms with Crippen LogP contribution in [0.15, 0.2) is 30.3 Å². The number of nitrogens with two attached hydrogens (primary N) is 1. The Morgan fingerprint density at radius 3 is 2.72 bits per heavy atom. The Kier molecular flexibility index (Phi) is 3.57. The Hall–Kier alpha value is -2.25. The van der Waals surface area contributed by atoms with Crippen LogP contribution in [-0.2, 0) is 0 Å². The molecule has 0 radical (unpaired) electrons. The Bertz CT molecular complexity index is 901. The molecule has 2 N–H and O–H groups in total. The van der Waals surface area contributed by atoms with Crippen LogP contribution >= 0.6 is 11.3 Å². The quantitative estimate of drug-likeness (QED) is 0.780. The molecular weight excluding hydrogens is 334 g/mol. The SMILES string of the molecule is Nc1nc2ccc(-c3ccc(O[C@H]4CN5CCC4CC5)nn3)cc2s1. The molecule has 1 atom stereocenters. The number of rotatable bonds is 3. The highest BCUT2D eigenvalue weighted by atomic mass is 32.1. The van der Waals surface area contributed by atoms with Crippen LogP contribution in [0.3, 0.4) is 0 Å². The van der Waals surface area contributed by atoms with Gasteiger partial charge in [-0.05, 0) is 50.0 Å². The van der Waals surface area contributed by atoms with Gasteiger partial charge in [-0.2, -0.15) is 0 Å². The molecule has 0 unspecified atom stereocenters. The maximum atomic E-state index is 6.11. The maximum absolute atomic E-state index is 6.11. The van der Waals surface area contributed by atoms with Crippen molar-refractivity contribution in [2.24, 2.45) is 5.92 Å². The molecule has 2 bridgehead atoms. The second kappa shape index (κ2) is 5.93. The molecule has 0 amide bonds. The van der Waals surface area contributed by atoms with Gasteiger partial charge in [0.15, 0.2) is 5.13 Å². The van der Waals surface area contributed by atoms with Gasteiger partial charge in [0, 0.05) is 18.2 Å². The van der Waals surface area contributed by atoms with Crippen LogP contribution < -0.4 is 10.5 Å². The average molecular weight is 353 g/mol. The summed E-state index contributed by atoms with van der Waals surface area (Å²) < 4.78 is 7.17. The van der Waals surface area contributed by atoms with E-state index in [4.69, 9.17) is 10.5 Å². The molecule has 7 heteroatoms. The van der Waals surface area contributed by atoms with Crippen molar-refractivity contribution < 1.29 is 4.74 Å². The Morgan fingerprint density at radius 2 is 2.00 bits per heavy atom. The molecule has 3 saturated heterocycles. The summed E-state index contributed by atoms with van der Waals surface area (Å²) in [5.41, 5.74) is 8.53. The number of thiazole rings is 1. The van der Waals surface area contributed by atoms with Gasteiger partial charge >= 0.3 is 0 Å². The summed E-state index contributed by atoms with van der Waals surface area (Å²) in [4.78, 5) is 6.76. The number of nitrogen functional groups attached to an aromatic ring is 1. The number of aromatic nitrogens is 3. The first-order valence-corrected chi connectivity index (χ1v) is 9.45. The fourth-order valence-electron chi connectivity index (χ4n) is 3.84. The summed E-state index contributed by atoms with van der Waals surface area (Å²) in [6.45, 7) is 3.43. The third-order valence-corrected chi connectivity index (χ3v) is 6.06. The summed E-state index contributed by atoms with van der Waals surface area (Å²) in [7, 11) is 0. The molecule has 0 spiro atoms. The number of hydrogen-bond donors (Lipinski definition) is 1. The normalized spacial score (nSPS) is 25.4. The van der Waals surface area contributed by atoms with Crippen LogP contribution in [0, 0.1) is 5.92 Å². The van der Waals surface area contributed by atoms with Gasteiger partial charge in [-0.3, -0.25) is 4.90 Å². The van der Waals surface area contributed by atoms with Crippen molar-refractivity contribution in [2.75, 3.05) is 25.4 Å². The number of hydrogen-bond acceptors (Lipinski definition) is 7. The highest BCUT2D eigenvalue weighted by Crippen LogP contribution is 2.31. The largest absolute Gasteiger partial charge is 0.472 e. The van der Waals surface area contributed by atoms with E-state index in [0.29, 0.717) is 16.9 Å². The summed E-state index contributed by atoms with van der Waals surface area (Å²) in [6.07, 6.45) is 2.71. The standard InChI is InChI=1S/C18H19N5OS/c19-18-20-14-2-1-12(9-16(14)25-18)13-3-4-17(22-21-13)24-15-10-23-7-5-11(15)6-8-23/h1-4,9,11,15H,5-8,10H2,(H2,19,20)/t15-/m0/s1. The van der Waals surface area contributed by atoms with Crippen molar-refractivity contribution in [1.82, 2.24) is 20.1 Å². The minimum absolute atomic E-state index is 0.249. The first kappa shape index (κ1) is 15.0. The molecule has 128 valence electrons. The molecule has 0 saturated carbocycles. The van der Waals surface area contributed by atoms with Gasteiger partial charge < -0.3 is 10.5 Å². The van der Waals surface area contributed by atoms with Crippen LogP contribution in [0.25, 0.3) is 21.5 Å². The molecule has 6 nitrogen and oxygen atoms in total. The van der Waals surface area contributed by atoms with E-state index in [0.717, 1.165) is 28.0 Å². The van der Waals surface area contributed by atoms with Gasteiger partial charge in [-0.25, -0.2) is 4.98 Å². The summed E-state index contributed by atoms with van der Waals surface area (Å²) in [5.74, 6) is 1.27. The number of nitrogens with zero attached hydrogens (tertiary/aromatic N) is 4. The van der Waals surface area contributed by atoms with Crippen molar-refractivity contribution in [3.05, 3.63) is 30.3 Å². The van der Waals surface area contributed by atoms with Crippen LogP contribution in [0.4, 0.5) is 5.13 Å². The van der Waals surface area contributed by atoms with Gasteiger partial charge in [-0.15, -0.1) is 10.2 Å². The lowest BCUT2D eigenvalue weighted by Crippen LogP contribution is -2.52. The van der Waals surface area contributed by atoms with Crippen molar-refractivity contribution in [3.63, 3.8) is 0 Å². The Labute approximate surface area is 149 Å². The minimum Gasteiger partial charge on any atom is -0.472 e. The summed E-state index contributed by atoms with van der Waals surface area (Å²) >= 11 is 1.48. The molecule has 2 aromatic heterocycles. The Balaban J connectivity index is 1.35. The van der Waals surface area contributed by atoms with Gasteiger partial charge in [0.25, 0.3) is 0 Å². The molecule has 3 aromatic rings. The van der Waals surface area contributed by atoms with E-state index in [1.54, 1.807) is 0 Å². The van der Waals surface area contributed by atoms with Crippen LogP contribution in [0.2, 0.25) is 0 Å². The van der Waals surface area contributed by atoms with E-state index in [1.807, 2.05) is 24.3 Å². The van der Waals surface area contributed by atoms with E-state index in [9.17, 15) is 0 Å². The average Bonchev–Trinajstić information content (AvgIpc) is 3.02. The molecule has 3 fully saturated rings. The highest BCUT2D eigenvalue weighted by molar-refractivity contribution is 7.22. The van der Waals surface area contributed by atoms with Crippen LogP contribution in [0.5, 0.6) is 5.88 Å². The molecule has 25 heavy (non-hydrogen) atoms. The lowest BCUT2D eigenvalue weighted by Gasteiger charge is -2.44. The number of anilines is 1. The van der Waals surface area contributed by atoms with Crippen molar-refractivity contribution in [1.29, 1.82) is 0 Å². The molecular formula is C18H19N5OS. The highest BCUT2D eigenvalue weighted by Gasteiger charge is 2.35. The predicted molar refractivity (Wildman–Crippen MR) is 98.6 cm³/mol. The summed E-state index contributed by atoms with van der Waals surface area (Å²) in [5, 5.41) is 9.23. The Morgan fingerprint density at radius 1 is 1.12 bits per heavy atom. The fraction of sp³-hybridized carbons (Fsp3) is 0.389. The molecule has 3 aliphatic rings. The lowest BCUT2D eigenvalue weighted by atomic mass is 9.86. The van der Waals surface area contributed by atoms with Gasteiger partial charge in [-0.1, -0.05) is 17.4 Å². The van der Waals surface area contributed by atoms with E-state index < -0.39 is 0 Å².